The van der Waals surface area contributed by atoms with E-state index in [-0.39, 0.29) is 0 Å². The summed E-state index contributed by atoms with van der Waals surface area (Å²) in [6, 6.07) is 0. The summed E-state index contributed by atoms with van der Waals surface area (Å²) >= 11 is 0. The van der Waals surface area contributed by atoms with Gasteiger partial charge in [-0.3, -0.25) is 5.41 Å². The topological polar surface area (TPSA) is 33.1 Å². The van der Waals surface area contributed by atoms with Gasteiger partial charge >= 0.3 is 0 Å². The van der Waals surface area contributed by atoms with E-state index in [4.69, 9.17) is 10.1 Å². The smallest absolute Gasteiger partial charge is 0.183 e. The molecule has 64 valence electrons. The second-order valence-electron chi connectivity index (χ2n) is 3.31. The van der Waals surface area contributed by atoms with Crippen LogP contribution in [-0.2, 0) is 4.74 Å². The Morgan fingerprint density at radius 2 is 2.27 bits per heavy atom. The Hall–Kier alpha value is -0.530. The van der Waals surface area contributed by atoms with Crippen LogP contribution in [-0.4, -0.2) is 12.5 Å². The maximum Gasteiger partial charge on any atom is 0.183 e. The zero-order valence-corrected chi connectivity index (χ0v) is 7.39. The van der Waals surface area contributed by atoms with Crippen LogP contribution in [0.5, 0.6) is 0 Å². The molecule has 1 N–H and O–H groups in total. The summed E-state index contributed by atoms with van der Waals surface area (Å²) in [4.78, 5) is 0. The predicted octanol–water partition coefficient (Wildman–Crippen LogP) is 2.44. The fourth-order valence-corrected chi connectivity index (χ4v) is 1.80. The average molecular weight is 155 g/mol. The van der Waals surface area contributed by atoms with Crippen molar-refractivity contribution < 1.29 is 4.74 Å². The molecule has 0 aliphatic heterocycles. The van der Waals surface area contributed by atoms with E-state index in [1.54, 1.807) is 0 Å². The minimum absolute atomic E-state index is 0.412. The van der Waals surface area contributed by atoms with Crippen LogP contribution in [0.15, 0.2) is 0 Å². The summed E-state index contributed by atoms with van der Waals surface area (Å²) in [5.74, 6) is 1.58. The number of hydrogen-bond acceptors (Lipinski definition) is 2. The van der Waals surface area contributed by atoms with Crippen molar-refractivity contribution in [1.82, 2.24) is 0 Å². The van der Waals surface area contributed by atoms with Crippen LogP contribution >= 0.6 is 0 Å². The van der Waals surface area contributed by atoms with Gasteiger partial charge in [0.05, 0.1) is 6.61 Å². The largest absolute Gasteiger partial charge is 0.481 e. The lowest BCUT2D eigenvalue weighted by molar-refractivity contribution is 0.284. The van der Waals surface area contributed by atoms with E-state index >= 15 is 0 Å². The highest BCUT2D eigenvalue weighted by Gasteiger charge is 2.27. The van der Waals surface area contributed by atoms with Crippen molar-refractivity contribution in [2.75, 3.05) is 6.61 Å². The summed E-state index contributed by atoms with van der Waals surface area (Å²) in [5.41, 5.74) is 0. The van der Waals surface area contributed by atoms with E-state index in [1.165, 1.54) is 12.8 Å². The van der Waals surface area contributed by atoms with Crippen LogP contribution in [0.1, 0.15) is 33.1 Å². The number of rotatable bonds is 2. The molecule has 1 rings (SSSR count). The summed E-state index contributed by atoms with van der Waals surface area (Å²) in [6.45, 7) is 4.79. The van der Waals surface area contributed by atoms with Gasteiger partial charge in [0.25, 0.3) is 0 Å². The maximum atomic E-state index is 7.59. The molecule has 1 aliphatic carbocycles. The van der Waals surface area contributed by atoms with Crippen molar-refractivity contribution >= 4 is 5.90 Å². The zero-order valence-electron chi connectivity index (χ0n) is 7.39. The monoisotopic (exact) mass is 155 g/mol. The Morgan fingerprint density at radius 1 is 1.55 bits per heavy atom. The molecule has 0 radical (unpaired) electrons. The Morgan fingerprint density at radius 3 is 2.73 bits per heavy atom. The molecular weight excluding hydrogens is 138 g/mol. The highest BCUT2D eigenvalue weighted by Crippen LogP contribution is 2.31. The Kier molecular flexibility index (Phi) is 2.92. The molecule has 1 saturated carbocycles. The quantitative estimate of drug-likeness (QED) is 0.482. The highest BCUT2D eigenvalue weighted by molar-refractivity contribution is 5.76. The van der Waals surface area contributed by atoms with E-state index in [9.17, 15) is 0 Å². The first-order valence-electron chi connectivity index (χ1n) is 4.47. The van der Waals surface area contributed by atoms with Crippen molar-refractivity contribution in [3.8, 4) is 0 Å². The second-order valence-corrected chi connectivity index (χ2v) is 3.31. The molecule has 0 amide bonds. The highest BCUT2D eigenvalue weighted by atomic mass is 16.5. The van der Waals surface area contributed by atoms with Crippen molar-refractivity contribution in [2.24, 2.45) is 11.8 Å². The molecule has 0 saturated heterocycles. The fourth-order valence-electron chi connectivity index (χ4n) is 1.80. The van der Waals surface area contributed by atoms with Crippen molar-refractivity contribution in [3.05, 3.63) is 0 Å². The zero-order chi connectivity index (χ0) is 8.27. The lowest BCUT2D eigenvalue weighted by atomic mass is 9.98. The summed E-state index contributed by atoms with van der Waals surface area (Å²) in [7, 11) is 0. The predicted molar refractivity (Wildman–Crippen MR) is 45.9 cm³/mol. The lowest BCUT2D eigenvalue weighted by Crippen LogP contribution is -2.18. The van der Waals surface area contributed by atoms with E-state index in [0.29, 0.717) is 24.3 Å². The maximum absolute atomic E-state index is 7.59. The molecule has 0 aromatic rings. The van der Waals surface area contributed by atoms with Gasteiger partial charge in [-0.2, -0.15) is 0 Å². The van der Waals surface area contributed by atoms with Gasteiger partial charge in [-0.15, -0.1) is 0 Å². The molecule has 0 bridgehead atoms. The minimum Gasteiger partial charge on any atom is -0.481 e. The Balaban J connectivity index is 2.39. The van der Waals surface area contributed by atoms with Crippen LogP contribution in [0.25, 0.3) is 0 Å². The van der Waals surface area contributed by atoms with Gasteiger partial charge in [0.15, 0.2) is 5.90 Å². The van der Waals surface area contributed by atoms with Crippen molar-refractivity contribution in [2.45, 2.75) is 33.1 Å². The molecule has 0 aromatic heterocycles. The molecule has 2 atom stereocenters. The third kappa shape index (κ3) is 1.95. The fraction of sp³-hybridized carbons (Fsp3) is 0.889. The van der Waals surface area contributed by atoms with Gasteiger partial charge in [0, 0.05) is 5.92 Å². The van der Waals surface area contributed by atoms with E-state index in [1.807, 2.05) is 6.92 Å². The SMILES string of the molecule is CCOC(=N)C1CCCC1C. The molecule has 2 nitrogen and oxygen atoms in total. The standard InChI is InChI=1S/C9H17NO/c1-3-11-9(10)8-6-4-5-7(8)2/h7-8,10H,3-6H2,1-2H3. The molecule has 0 aromatic carbocycles. The van der Waals surface area contributed by atoms with Crippen LogP contribution in [0.4, 0.5) is 0 Å². The van der Waals surface area contributed by atoms with Crippen molar-refractivity contribution in [3.63, 3.8) is 0 Å². The normalized spacial score (nSPS) is 30.4. The third-order valence-electron chi connectivity index (χ3n) is 2.50. The van der Waals surface area contributed by atoms with Crippen LogP contribution in [0, 0.1) is 17.2 Å². The Bertz CT molecular complexity index is 144. The van der Waals surface area contributed by atoms with Gasteiger partial charge in [-0.05, 0) is 25.7 Å². The van der Waals surface area contributed by atoms with Crippen LogP contribution in [0.2, 0.25) is 0 Å². The second kappa shape index (κ2) is 3.74. The van der Waals surface area contributed by atoms with Gasteiger partial charge < -0.3 is 4.74 Å². The first-order valence-corrected chi connectivity index (χ1v) is 4.47. The van der Waals surface area contributed by atoms with Crippen LogP contribution in [0.3, 0.4) is 0 Å². The van der Waals surface area contributed by atoms with Crippen molar-refractivity contribution in [1.29, 1.82) is 5.41 Å². The summed E-state index contributed by atoms with van der Waals surface area (Å²) in [6.07, 6.45) is 3.68. The first-order chi connectivity index (χ1) is 5.25. The lowest BCUT2D eigenvalue weighted by Gasteiger charge is -2.15. The van der Waals surface area contributed by atoms with E-state index in [0.717, 1.165) is 6.42 Å². The molecular formula is C9H17NO. The first kappa shape index (κ1) is 8.57. The van der Waals surface area contributed by atoms with Gasteiger partial charge in [0.1, 0.15) is 0 Å². The van der Waals surface area contributed by atoms with Gasteiger partial charge in [-0.1, -0.05) is 13.3 Å². The summed E-state index contributed by atoms with van der Waals surface area (Å²) in [5, 5.41) is 7.59. The molecule has 1 fully saturated rings. The Labute approximate surface area is 68.5 Å². The van der Waals surface area contributed by atoms with Gasteiger partial charge in [-0.25, -0.2) is 0 Å². The molecule has 11 heavy (non-hydrogen) atoms. The molecule has 0 heterocycles. The molecule has 2 unspecified atom stereocenters. The van der Waals surface area contributed by atoms with E-state index < -0.39 is 0 Å². The van der Waals surface area contributed by atoms with Gasteiger partial charge in [0.2, 0.25) is 0 Å². The molecule has 2 heteroatoms. The third-order valence-corrected chi connectivity index (χ3v) is 2.50. The molecule has 1 aliphatic rings. The summed E-state index contributed by atoms with van der Waals surface area (Å²) < 4.78 is 5.18. The van der Waals surface area contributed by atoms with E-state index in [2.05, 4.69) is 6.92 Å². The average Bonchev–Trinajstić information content (AvgIpc) is 2.36. The number of ether oxygens (including phenoxy) is 1. The number of nitrogens with one attached hydrogen (secondary N) is 1. The molecule has 0 spiro atoms. The van der Waals surface area contributed by atoms with Crippen LogP contribution < -0.4 is 0 Å². The minimum atomic E-state index is 0.412. The number of hydrogen-bond donors (Lipinski definition) is 1.